The first-order valence-electron chi connectivity index (χ1n) is 7.80. The molecule has 0 amide bonds. The molecule has 0 aliphatic carbocycles. The number of aliphatic imine (C=N–C) groups is 1. The van der Waals surface area contributed by atoms with E-state index < -0.39 is 0 Å². The van der Waals surface area contributed by atoms with Gasteiger partial charge in [-0.05, 0) is 38.8 Å². The van der Waals surface area contributed by atoms with E-state index in [0.29, 0.717) is 24.0 Å². The van der Waals surface area contributed by atoms with Crippen molar-refractivity contribution >= 4 is 12.0 Å². The number of nitrogens with two attached hydrogens (primary N) is 1. The van der Waals surface area contributed by atoms with Gasteiger partial charge in [-0.1, -0.05) is 0 Å². The normalized spacial score (nSPS) is 23.5. The number of hydrogen-bond donors (Lipinski definition) is 1. The molecule has 0 bridgehead atoms. The maximum Gasteiger partial charge on any atom is 0.131 e. The zero-order valence-corrected chi connectivity index (χ0v) is 12.9. The van der Waals surface area contributed by atoms with Crippen LogP contribution >= 0.6 is 0 Å². The van der Waals surface area contributed by atoms with Crippen LogP contribution in [-0.2, 0) is 6.54 Å². The predicted molar refractivity (Wildman–Crippen MR) is 85.0 cm³/mol. The number of allylic oxidation sites excluding steroid dienone is 1. The molecule has 6 heteroatoms. The first-order chi connectivity index (χ1) is 10.6. The van der Waals surface area contributed by atoms with Crippen molar-refractivity contribution < 1.29 is 4.39 Å². The van der Waals surface area contributed by atoms with Gasteiger partial charge in [-0.2, -0.15) is 0 Å². The number of rotatable bonds is 3. The third kappa shape index (κ3) is 3.50. The Bertz CT molecular complexity index is 590. The van der Waals surface area contributed by atoms with Crippen LogP contribution in [0.15, 0.2) is 23.2 Å². The fraction of sp³-hybridized carbons (Fsp3) is 0.562. The van der Waals surface area contributed by atoms with Crippen LogP contribution in [0.4, 0.5) is 10.2 Å². The molecular formula is C16H22FN5. The third-order valence-corrected chi connectivity index (χ3v) is 4.57. The highest BCUT2D eigenvalue weighted by Gasteiger charge is 2.27. The molecule has 3 rings (SSSR count). The van der Waals surface area contributed by atoms with Crippen molar-refractivity contribution in [1.82, 2.24) is 14.9 Å². The largest absolute Gasteiger partial charge is 0.383 e. The Morgan fingerprint density at radius 2 is 2.14 bits per heavy atom. The molecule has 0 saturated carbocycles. The van der Waals surface area contributed by atoms with E-state index in [2.05, 4.69) is 19.9 Å². The second kappa shape index (κ2) is 6.52. The van der Waals surface area contributed by atoms with Gasteiger partial charge in [0.05, 0.1) is 6.20 Å². The van der Waals surface area contributed by atoms with Crippen LogP contribution in [-0.4, -0.2) is 34.2 Å². The van der Waals surface area contributed by atoms with E-state index in [9.17, 15) is 4.39 Å². The SMILES string of the molecule is Cc1ncc(CN2CCC(C3C=NC=C(F)C3)CC2)c(N)n1. The maximum atomic E-state index is 13.3. The second-order valence-corrected chi connectivity index (χ2v) is 6.18. The lowest BCUT2D eigenvalue weighted by molar-refractivity contribution is 0.158. The summed E-state index contributed by atoms with van der Waals surface area (Å²) in [6.07, 6.45) is 7.69. The van der Waals surface area contributed by atoms with E-state index in [0.717, 1.165) is 38.0 Å². The maximum absolute atomic E-state index is 13.3. The van der Waals surface area contributed by atoms with Gasteiger partial charge >= 0.3 is 0 Å². The standard InChI is InChI=1S/C16H22FN5/c1-11-20-8-14(16(18)21-11)10-22-4-2-12(3-5-22)13-6-15(17)9-19-7-13/h7-9,12-13H,2-6,10H2,1H3,(H2,18,20,21). The number of halogens is 1. The summed E-state index contributed by atoms with van der Waals surface area (Å²) in [5.74, 6) is 1.94. The van der Waals surface area contributed by atoms with Crippen molar-refractivity contribution in [2.75, 3.05) is 18.8 Å². The number of piperidine rings is 1. The van der Waals surface area contributed by atoms with Crippen LogP contribution in [0.3, 0.4) is 0 Å². The smallest absolute Gasteiger partial charge is 0.131 e. The monoisotopic (exact) mass is 303 g/mol. The average Bonchev–Trinajstić information content (AvgIpc) is 2.51. The van der Waals surface area contributed by atoms with Gasteiger partial charge in [0.1, 0.15) is 17.5 Å². The first kappa shape index (κ1) is 15.1. The minimum atomic E-state index is -0.0977. The number of hydrogen-bond acceptors (Lipinski definition) is 5. The molecule has 1 aromatic heterocycles. The molecule has 3 heterocycles. The van der Waals surface area contributed by atoms with Gasteiger partial charge in [0.15, 0.2) is 0 Å². The molecule has 22 heavy (non-hydrogen) atoms. The van der Waals surface area contributed by atoms with Crippen LogP contribution in [0, 0.1) is 18.8 Å². The van der Waals surface area contributed by atoms with Crippen molar-refractivity contribution in [3.8, 4) is 0 Å². The Hall–Kier alpha value is -1.82. The Morgan fingerprint density at radius 3 is 2.82 bits per heavy atom. The number of likely N-dealkylation sites (tertiary alicyclic amines) is 1. The lowest BCUT2D eigenvalue weighted by Crippen LogP contribution is -2.36. The summed E-state index contributed by atoms with van der Waals surface area (Å²) < 4.78 is 13.3. The molecule has 0 radical (unpaired) electrons. The van der Waals surface area contributed by atoms with Gasteiger partial charge in [-0.25, -0.2) is 14.4 Å². The Labute approximate surface area is 130 Å². The van der Waals surface area contributed by atoms with Crippen molar-refractivity contribution in [2.24, 2.45) is 16.8 Å². The number of anilines is 1. The zero-order valence-electron chi connectivity index (χ0n) is 12.9. The van der Waals surface area contributed by atoms with E-state index in [1.807, 2.05) is 19.3 Å². The van der Waals surface area contributed by atoms with E-state index in [1.165, 1.54) is 6.20 Å². The number of aromatic nitrogens is 2. The summed E-state index contributed by atoms with van der Waals surface area (Å²) in [4.78, 5) is 14.8. The van der Waals surface area contributed by atoms with Gasteiger partial charge in [-0.3, -0.25) is 9.89 Å². The molecule has 1 saturated heterocycles. The van der Waals surface area contributed by atoms with E-state index in [4.69, 9.17) is 5.73 Å². The van der Waals surface area contributed by atoms with Crippen molar-refractivity contribution in [3.63, 3.8) is 0 Å². The highest BCUT2D eigenvalue weighted by molar-refractivity contribution is 5.63. The Kier molecular flexibility index (Phi) is 4.47. The van der Waals surface area contributed by atoms with Crippen LogP contribution in [0.2, 0.25) is 0 Å². The molecule has 1 atom stereocenters. The predicted octanol–water partition coefficient (Wildman–Crippen LogP) is 2.48. The van der Waals surface area contributed by atoms with Gasteiger partial charge in [0.25, 0.3) is 0 Å². The van der Waals surface area contributed by atoms with E-state index in [-0.39, 0.29) is 11.7 Å². The zero-order chi connectivity index (χ0) is 15.5. The van der Waals surface area contributed by atoms with Crippen molar-refractivity contribution in [3.05, 3.63) is 29.6 Å². The van der Waals surface area contributed by atoms with Crippen LogP contribution in [0.1, 0.15) is 30.7 Å². The molecule has 2 aliphatic heterocycles. The van der Waals surface area contributed by atoms with Crippen LogP contribution in [0.5, 0.6) is 0 Å². The summed E-state index contributed by atoms with van der Waals surface area (Å²) in [6, 6.07) is 0. The lowest BCUT2D eigenvalue weighted by Gasteiger charge is -2.35. The first-order valence-corrected chi connectivity index (χ1v) is 7.80. The van der Waals surface area contributed by atoms with Gasteiger partial charge in [-0.15, -0.1) is 0 Å². The number of aryl methyl sites for hydroxylation is 1. The molecule has 1 aromatic rings. The number of nitrogen functional groups attached to an aromatic ring is 1. The molecular weight excluding hydrogens is 281 g/mol. The average molecular weight is 303 g/mol. The molecule has 0 aromatic carbocycles. The number of nitrogens with zero attached hydrogens (tertiary/aromatic N) is 4. The highest BCUT2D eigenvalue weighted by atomic mass is 19.1. The van der Waals surface area contributed by atoms with Crippen molar-refractivity contribution in [1.29, 1.82) is 0 Å². The fourth-order valence-corrected chi connectivity index (χ4v) is 3.27. The molecule has 118 valence electrons. The van der Waals surface area contributed by atoms with Crippen LogP contribution < -0.4 is 5.73 Å². The summed E-state index contributed by atoms with van der Waals surface area (Å²) in [5.41, 5.74) is 6.94. The summed E-state index contributed by atoms with van der Waals surface area (Å²) in [6.45, 7) is 4.61. The second-order valence-electron chi connectivity index (χ2n) is 6.18. The van der Waals surface area contributed by atoms with E-state index in [1.54, 1.807) is 0 Å². The van der Waals surface area contributed by atoms with Crippen LogP contribution in [0.25, 0.3) is 0 Å². The minimum absolute atomic E-state index is 0.0977. The third-order valence-electron chi connectivity index (χ3n) is 4.57. The molecule has 2 N–H and O–H groups in total. The van der Waals surface area contributed by atoms with Gasteiger partial charge in [0.2, 0.25) is 0 Å². The topological polar surface area (TPSA) is 67.4 Å². The van der Waals surface area contributed by atoms with Crippen molar-refractivity contribution in [2.45, 2.75) is 32.7 Å². The quantitative estimate of drug-likeness (QED) is 0.931. The van der Waals surface area contributed by atoms with Gasteiger partial charge < -0.3 is 5.73 Å². The Balaban J connectivity index is 1.53. The van der Waals surface area contributed by atoms with Gasteiger partial charge in [0, 0.05) is 36.9 Å². The summed E-state index contributed by atoms with van der Waals surface area (Å²) in [7, 11) is 0. The summed E-state index contributed by atoms with van der Waals surface area (Å²) in [5, 5.41) is 0. The summed E-state index contributed by atoms with van der Waals surface area (Å²) >= 11 is 0. The Morgan fingerprint density at radius 1 is 1.36 bits per heavy atom. The molecule has 1 unspecified atom stereocenters. The highest BCUT2D eigenvalue weighted by Crippen LogP contribution is 2.31. The fourth-order valence-electron chi connectivity index (χ4n) is 3.27. The molecule has 5 nitrogen and oxygen atoms in total. The minimum Gasteiger partial charge on any atom is -0.383 e. The van der Waals surface area contributed by atoms with E-state index >= 15 is 0 Å². The lowest BCUT2D eigenvalue weighted by atomic mass is 9.82. The molecule has 2 aliphatic rings. The molecule has 0 spiro atoms. The molecule has 1 fully saturated rings.